The highest BCUT2D eigenvalue weighted by molar-refractivity contribution is 6.00. The summed E-state index contributed by atoms with van der Waals surface area (Å²) in [4.78, 5) is 27.1. The van der Waals surface area contributed by atoms with Crippen molar-refractivity contribution < 1.29 is 27.9 Å². The standard InChI is InChI=1S/C19H16F3N5O3/c20-19(21,22)13-3-1-2-4-14(13)26-18(30)25-12-7-5-11(6-8-12)9-27-10-24-17(29)15(27)16(23)28/h1-8,10,29H,9H2,(H2,23,28)(H2,25,26,30). The number of para-hydroxylation sites is 1. The number of nitrogens with one attached hydrogen (secondary N) is 2. The first kappa shape index (κ1) is 20.7. The van der Waals surface area contributed by atoms with Crippen LogP contribution >= 0.6 is 0 Å². The number of urea groups is 1. The smallest absolute Gasteiger partial charge is 0.418 e. The van der Waals surface area contributed by atoms with E-state index in [2.05, 4.69) is 15.6 Å². The van der Waals surface area contributed by atoms with E-state index in [0.29, 0.717) is 11.3 Å². The SMILES string of the molecule is NC(=O)c1c(O)ncn1Cc1ccc(NC(=O)Nc2ccccc2C(F)(F)F)cc1. The number of hydrogen-bond donors (Lipinski definition) is 4. The number of aromatic hydroxyl groups is 1. The third-order valence-corrected chi connectivity index (χ3v) is 4.10. The predicted octanol–water partition coefficient (Wildman–Crippen LogP) is 3.40. The Hall–Kier alpha value is -4.02. The molecule has 8 nitrogen and oxygen atoms in total. The molecule has 0 radical (unpaired) electrons. The van der Waals surface area contributed by atoms with Crippen LogP contribution in [0.15, 0.2) is 54.9 Å². The normalized spacial score (nSPS) is 11.2. The lowest BCUT2D eigenvalue weighted by Gasteiger charge is -2.14. The third-order valence-electron chi connectivity index (χ3n) is 4.10. The molecular formula is C19H16F3N5O3. The third kappa shape index (κ3) is 4.69. The lowest BCUT2D eigenvalue weighted by atomic mass is 10.1. The molecule has 0 spiro atoms. The van der Waals surface area contributed by atoms with Gasteiger partial charge in [0, 0.05) is 12.2 Å². The van der Waals surface area contributed by atoms with Gasteiger partial charge >= 0.3 is 12.2 Å². The second kappa shape index (κ2) is 8.15. The van der Waals surface area contributed by atoms with Crippen molar-refractivity contribution in [3.8, 4) is 5.88 Å². The first-order valence-electron chi connectivity index (χ1n) is 8.52. The quantitative estimate of drug-likeness (QED) is 0.506. The molecule has 0 saturated heterocycles. The molecule has 3 amide bonds. The highest BCUT2D eigenvalue weighted by atomic mass is 19.4. The lowest BCUT2D eigenvalue weighted by Crippen LogP contribution is -2.21. The number of amides is 3. The summed E-state index contributed by atoms with van der Waals surface area (Å²) in [6.07, 6.45) is -3.34. The summed E-state index contributed by atoms with van der Waals surface area (Å²) in [5, 5.41) is 14.2. The average molecular weight is 419 g/mol. The van der Waals surface area contributed by atoms with Crippen LogP contribution in [-0.4, -0.2) is 26.6 Å². The highest BCUT2D eigenvalue weighted by Crippen LogP contribution is 2.34. The minimum absolute atomic E-state index is 0.139. The number of primary amides is 1. The molecule has 0 saturated carbocycles. The molecule has 0 aliphatic rings. The minimum atomic E-state index is -4.60. The van der Waals surface area contributed by atoms with Crippen molar-refractivity contribution in [3.05, 3.63) is 71.7 Å². The zero-order chi connectivity index (χ0) is 21.9. The summed E-state index contributed by atoms with van der Waals surface area (Å²) >= 11 is 0. The first-order valence-corrected chi connectivity index (χ1v) is 8.52. The number of nitrogens with two attached hydrogens (primary N) is 1. The maximum Gasteiger partial charge on any atom is 0.418 e. The van der Waals surface area contributed by atoms with Gasteiger partial charge in [0.2, 0.25) is 5.88 Å². The number of halogens is 3. The maximum absolute atomic E-state index is 13.0. The summed E-state index contributed by atoms with van der Waals surface area (Å²) in [5.74, 6) is -1.31. The van der Waals surface area contributed by atoms with Gasteiger partial charge in [0.25, 0.3) is 5.91 Å². The molecule has 2 aromatic carbocycles. The highest BCUT2D eigenvalue weighted by Gasteiger charge is 2.33. The van der Waals surface area contributed by atoms with E-state index in [0.717, 1.165) is 12.1 Å². The Balaban J connectivity index is 1.67. The number of alkyl halides is 3. The van der Waals surface area contributed by atoms with E-state index in [9.17, 15) is 27.9 Å². The number of carbonyl (C=O) groups is 2. The van der Waals surface area contributed by atoms with Crippen molar-refractivity contribution in [1.29, 1.82) is 0 Å². The van der Waals surface area contributed by atoms with Crippen LogP contribution < -0.4 is 16.4 Å². The molecule has 3 aromatic rings. The molecule has 0 atom stereocenters. The molecule has 1 heterocycles. The molecule has 0 bridgehead atoms. The van der Waals surface area contributed by atoms with E-state index in [-0.39, 0.29) is 17.9 Å². The molecule has 0 aliphatic carbocycles. The van der Waals surface area contributed by atoms with Gasteiger partial charge in [-0.1, -0.05) is 24.3 Å². The largest absolute Gasteiger partial charge is 0.492 e. The molecule has 0 fully saturated rings. The van der Waals surface area contributed by atoms with Gasteiger partial charge in [-0.25, -0.2) is 9.78 Å². The number of anilines is 2. The molecule has 5 N–H and O–H groups in total. The van der Waals surface area contributed by atoms with Crippen LogP contribution in [0.1, 0.15) is 21.6 Å². The summed E-state index contributed by atoms with van der Waals surface area (Å²) in [7, 11) is 0. The fraction of sp³-hybridized carbons (Fsp3) is 0.105. The number of aromatic nitrogens is 2. The average Bonchev–Trinajstić information content (AvgIpc) is 3.03. The molecule has 3 rings (SSSR count). The van der Waals surface area contributed by atoms with E-state index < -0.39 is 29.6 Å². The molecular weight excluding hydrogens is 403 g/mol. The Labute approximate surface area is 168 Å². The van der Waals surface area contributed by atoms with Crippen LogP contribution in [0, 0.1) is 0 Å². The van der Waals surface area contributed by atoms with Gasteiger partial charge in [0.1, 0.15) is 0 Å². The molecule has 156 valence electrons. The summed E-state index contributed by atoms with van der Waals surface area (Å²) < 4.78 is 40.4. The number of nitrogens with zero attached hydrogens (tertiary/aromatic N) is 2. The predicted molar refractivity (Wildman–Crippen MR) is 102 cm³/mol. The topological polar surface area (TPSA) is 122 Å². The van der Waals surface area contributed by atoms with Gasteiger partial charge in [0.15, 0.2) is 5.69 Å². The fourth-order valence-electron chi connectivity index (χ4n) is 2.76. The molecule has 0 unspecified atom stereocenters. The van der Waals surface area contributed by atoms with Crippen LogP contribution in [0.4, 0.5) is 29.3 Å². The zero-order valence-corrected chi connectivity index (χ0v) is 15.3. The first-order chi connectivity index (χ1) is 14.1. The number of carbonyl (C=O) groups excluding carboxylic acids is 2. The minimum Gasteiger partial charge on any atom is -0.492 e. The van der Waals surface area contributed by atoms with Crippen LogP contribution in [-0.2, 0) is 12.7 Å². The van der Waals surface area contributed by atoms with Gasteiger partial charge in [-0.05, 0) is 29.8 Å². The van der Waals surface area contributed by atoms with E-state index in [1.165, 1.54) is 35.2 Å². The second-order valence-corrected chi connectivity index (χ2v) is 6.23. The fourth-order valence-corrected chi connectivity index (χ4v) is 2.76. The Morgan fingerprint density at radius 2 is 1.73 bits per heavy atom. The Morgan fingerprint density at radius 3 is 2.37 bits per heavy atom. The Morgan fingerprint density at radius 1 is 1.07 bits per heavy atom. The van der Waals surface area contributed by atoms with Gasteiger partial charge in [-0.2, -0.15) is 13.2 Å². The summed E-state index contributed by atoms with van der Waals surface area (Å²) in [6, 6.07) is 10.1. The summed E-state index contributed by atoms with van der Waals surface area (Å²) in [6.45, 7) is 0.178. The number of benzene rings is 2. The van der Waals surface area contributed by atoms with Crippen LogP contribution in [0.3, 0.4) is 0 Å². The van der Waals surface area contributed by atoms with Crippen molar-refractivity contribution >= 4 is 23.3 Å². The van der Waals surface area contributed by atoms with E-state index >= 15 is 0 Å². The molecule has 1 aromatic heterocycles. The van der Waals surface area contributed by atoms with E-state index in [1.54, 1.807) is 12.1 Å². The van der Waals surface area contributed by atoms with Crippen LogP contribution in [0.5, 0.6) is 5.88 Å². The van der Waals surface area contributed by atoms with E-state index in [4.69, 9.17) is 5.73 Å². The molecule has 0 aliphatic heterocycles. The second-order valence-electron chi connectivity index (χ2n) is 6.23. The van der Waals surface area contributed by atoms with Gasteiger partial charge in [-0.3, -0.25) is 4.79 Å². The number of hydrogen-bond acceptors (Lipinski definition) is 4. The van der Waals surface area contributed by atoms with Crippen LogP contribution in [0.25, 0.3) is 0 Å². The van der Waals surface area contributed by atoms with Gasteiger partial charge in [0.05, 0.1) is 17.6 Å². The Kier molecular flexibility index (Phi) is 5.63. The molecule has 30 heavy (non-hydrogen) atoms. The summed E-state index contributed by atoms with van der Waals surface area (Å²) in [5.41, 5.74) is 4.79. The van der Waals surface area contributed by atoms with E-state index in [1.807, 2.05) is 0 Å². The van der Waals surface area contributed by atoms with Crippen molar-refractivity contribution in [2.24, 2.45) is 5.73 Å². The molecule has 11 heteroatoms. The van der Waals surface area contributed by atoms with Crippen molar-refractivity contribution in [3.63, 3.8) is 0 Å². The number of imidazole rings is 1. The van der Waals surface area contributed by atoms with Crippen molar-refractivity contribution in [2.45, 2.75) is 12.7 Å². The van der Waals surface area contributed by atoms with Crippen molar-refractivity contribution in [1.82, 2.24) is 9.55 Å². The lowest BCUT2D eigenvalue weighted by molar-refractivity contribution is -0.136. The van der Waals surface area contributed by atoms with Gasteiger partial charge in [-0.15, -0.1) is 0 Å². The Bertz CT molecular complexity index is 1080. The van der Waals surface area contributed by atoms with Crippen LogP contribution in [0.2, 0.25) is 0 Å². The monoisotopic (exact) mass is 419 g/mol. The maximum atomic E-state index is 13.0. The zero-order valence-electron chi connectivity index (χ0n) is 15.3. The van der Waals surface area contributed by atoms with Gasteiger partial charge < -0.3 is 26.0 Å². The number of rotatable bonds is 5. The van der Waals surface area contributed by atoms with Crippen molar-refractivity contribution in [2.75, 3.05) is 10.6 Å².